The normalized spacial score (nSPS) is 11.7. The van der Waals surface area contributed by atoms with Crippen LogP contribution in [0.3, 0.4) is 0 Å². The van der Waals surface area contributed by atoms with Crippen LogP contribution in [-0.4, -0.2) is 135 Å². The van der Waals surface area contributed by atoms with E-state index in [1.165, 1.54) is 95.0 Å². The minimum absolute atomic E-state index is 0.159. The minimum Gasteiger partial charge on any atom is -0.425 e. The smallest absolute Gasteiger partial charge is 0.425 e. The molecule has 0 spiro atoms. The van der Waals surface area contributed by atoms with Crippen molar-refractivity contribution in [1.29, 1.82) is 5.26 Å². The van der Waals surface area contributed by atoms with E-state index in [4.69, 9.17) is 90.5 Å². The van der Waals surface area contributed by atoms with Crippen molar-refractivity contribution < 1.29 is 148 Å². The maximum Gasteiger partial charge on any atom is 0.516 e. The summed E-state index contributed by atoms with van der Waals surface area (Å²) in [5, 5.41) is 8.63. The number of carbonyl (C=O) groups is 13. The predicted octanol–water partition coefficient (Wildman–Crippen LogP) is 17.3. The first-order chi connectivity index (χ1) is 55.7. The number of hydrogen-bond acceptors (Lipinski definition) is 32. The van der Waals surface area contributed by atoms with Crippen LogP contribution in [0, 0.1) is 74.5 Å². The van der Waals surface area contributed by atoms with Crippen LogP contribution in [0.25, 0.3) is 0 Å². The average Bonchev–Trinajstić information content (AvgIpc) is 0.912. The first-order valence-electron chi connectivity index (χ1n) is 37.3. The lowest BCUT2D eigenvalue weighted by Crippen LogP contribution is -2.25. The van der Waals surface area contributed by atoms with Crippen LogP contribution in [0.15, 0.2) is 146 Å². The molecule has 0 aliphatic carbocycles. The number of esters is 6. The van der Waals surface area contributed by atoms with Gasteiger partial charge in [0.05, 0.1) is 47.1 Å². The summed E-state index contributed by atoms with van der Waals surface area (Å²) in [5.74, 6) is -2.60. The molecule has 119 heavy (non-hydrogen) atoms. The van der Waals surface area contributed by atoms with Crippen LogP contribution >= 0.6 is 0 Å². The highest BCUT2D eigenvalue weighted by molar-refractivity contribution is 5.94. The molecule has 1 amide bonds. The Balaban J connectivity index is 0.000000715. The molecule has 0 heterocycles. The number of carbonyl (C=O) groups excluding carboxylic acids is 13. The van der Waals surface area contributed by atoms with Gasteiger partial charge in [0, 0.05) is 61.2 Å². The Morgan fingerprint density at radius 1 is 0.277 bits per heavy atom. The molecule has 6 rings (SSSR count). The molecular formula is C86H108N2O31. The lowest BCUT2D eigenvalue weighted by atomic mass is 10.2. The van der Waals surface area contributed by atoms with E-state index in [2.05, 4.69) is 0 Å². The van der Waals surface area contributed by atoms with Crippen molar-refractivity contribution in [2.75, 3.05) is 14.1 Å². The summed E-state index contributed by atoms with van der Waals surface area (Å²) in [4.78, 5) is 150. The summed E-state index contributed by atoms with van der Waals surface area (Å²) in [7, 11) is 3.29. The highest BCUT2D eigenvalue weighted by Crippen LogP contribution is 2.21. The van der Waals surface area contributed by atoms with E-state index in [1.54, 1.807) is 152 Å². The van der Waals surface area contributed by atoms with Crippen LogP contribution in [0.1, 0.15) is 163 Å². The highest BCUT2D eigenvalue weighted by Gasteiger charge is 2.25. The van der Waals surface area contributed by atoms with E-state index in [0.717, 1.165) is 22.3 Å². The fraction of sp³-hybridized carbons (Fsp3) is 0.419. The molecule has 0 fully saturated rings. The zero-order valence-electron chi connectivity index (χ0n) is 71.3. The molecule has 0 N–H and O–H groups in total. The number of nitrogens with zero attached hydrogens (tertiary/aromatic N) is 2. The maximum atomic E-state index is 11.7. The van der Waals surface area contributed by atoms with Gasteiger partial charge in [-0.25, -0.2) is 28.8 Å². The second-order valence-corrected chi connectivity index (χ2v) is 27.3. The summed E-state index contributed by atoms with van der Waals surface area (Å²) in [6, 6.07) is 41.8. The number of ether oxygens (including phenoxy) is 18. The van der Waals surface area contributed by atoms with Crippen molar-refractivity contribution >= 4 is 78.7 Å². The quantitative estimate of drug-likeness (QED) is 0.0222. The van der Waals surface area contributed by atoms with Gasteiger partial charge in [-0.1, -0.05) is 149 Å². The molecule has 33 heteroatoms. The van der Waals surface area contributed by atoms with E-state index in [0.29, 0.717) is 34.1 Å². The van der Waals surface area contributed by atoms with E-state index in [9.17, 15) is 62.3 Å². The van der Waals surface area contributed by atoms with Crippen LogP contribution in [0.2, 0.25) is 0 Å². The van der Waals surface area contributed by atoms with Crippen LogP contribution < -0.4 is 28.4 Å². The van der Waals surface area contributed by atoms with Gasteiger partial charge >= 0.3 is 72.7 Å². The van der Waals surface area contributed by atoms with Crippen molar-refractivity contribution in [3.8, 4) is 40.6 Å². The molecule has 0 bridgehead atoms. The molecule has 6 aromatic rings. The van der Waals surface area contributed by atoms with Gasteiger partial charge in [-0.15, -0.1) is 0 Å². The number of aryl methyl sites for hydroxylation is 4. The molecular weight excluding hydrogens is 1560 g/mol. The molecule has 33 nitrogen and oxygen atoms in total. The minimum atomic E-state index is -1.05. The van der Waals surface area contributed by atoms with Gasteiger partial charge in [0.2, 0.25) is 37.7 Å². The Bertz CT molecular complexity index is 4180. The van der Waals surface area contributed by atoms with Crippen LogP contribution in [0.4, 0.5) is 28.8 Å². The molecule has 0 radical (unpaired) electrons. The number of para-hydroxylation sites is 1. The Kier molecular flexibility index (Phi) is 47.5. The molecule has 0 aromatic heterocycles. The summed E-state index contributed by atoms with van der Waals surface area (Å²) < 4.78 is 87.7. The second-order valence-electron chi connectivity index (χ2n) is 27.3. The van der Waals surface area contributed by atoms with Crippen LogP contribution in [-0.2, 0) is 85.6 Å². The third-order valence-electron chi connectivity index (χ3n) is 13.9. The predicted molar refractivity (Wildman–Crippen MR) is 425 cm³/mol. The molecule has 0 saturated heterocycles. The fourth-order valence-electron chi connectivity index (χ4n) is 7.55. The Morgan fingerprint density at radius 2 is 0.529 bits per heavy atom. The van der Waals surface area contributed by atoms with Crippen molar-refractivity contribution in [3.05, 3.63) is 179 Å². The van der Waals surface area contributed by atoms with Gasteiger partial charge in [-0.05, 0) is 130 Å². The third-order valence-corrected chi connectivity index (χ3v) is 13.9. The van der Waals surface area contributed by atoms with Crippen molar-refractivity contribution in [2.24, 2.45) is 35.5 Å². The van der Waals surface area contributed by atoms with E-state index in [-0.39, 0.29) is 52.9 Å². The lowest BCUT2D eigenvalue weighted by Gasteiger charge is -2.15. The fourth-order valence-corrected chi connectivity index (χ4v) is 7.55. The summed E-state index contributed by atoms with van der Waals surface area (Å²) in [6.07, 6.45) is -11.6. The van der Waals surface area contributed by atoms with Crippen molar-refractivity contribution in [1.82, 2.24) is 4.90 Å². The summed E-state index contributed by atoms with van der Waals surface area (Å²) in [6.45, 7) is 36.4. The molecule has 0 aliphatic rings. The zero-order chi connectivity index (χ0) is 90.3. The van der Waals surface area contributed by atoms with Gasteiger partial charge in [0.1, 0.15) is 34.5 Å². The molecule has 6 atom stereocenters. The highest BCUT2D eigenvalue weighted by atomic mass is 16.8. The monoisotopic (exact) mass is 1660 g/mol. The molecule has 0 unspecified atom stereocenters. The Labute approximate surface area is 692 Å². The number of amides is 1. The third kappa shape index (κ3) is 46.8. The Hall–Kier alpha value is -13.3. The van der Waals surface area contributed by atoms with Gasteiger partial charge in [0.15, 0.2) is 0 Å². The number of nitriles is 1. The summed E-state index contributed by atoms with van der Waals surface area (Å²) in [5.41, 5.74) is 4.80. The summed E-state index contributed by atoms with van der Waals surface area (Å²) >= 11 is 0. The lowest BCUT2D eigenvalue weighted by molar-refractivity contribution is -0.171. The number of rotatable bonds is 25. The molecule has 0 aliphatic heterocycles. The second kappa shape index (κ2) is 54.5. The molecule has 0 saturated carbocycles. The van der Waals surface area contributed by atoms with E-state index in [1.807, 2.05) is 76.2 Å². The standard InChI is InChI=1S/C16H21NO6.C14H15NO5.4C14H18O5/c1-10(2)15(19)21-11(3)22-16(20)23-13-8-6-12(7-9-13)14(18)17(4)5;1-9(2)13(16)18-10(3)19-14(17)20-12-6-4-11(8-15)5-7-12;2*1-9(2)13(15)17-11(4)18-14(16)19-12-7-5-10(3)6-8-12;1-9(2)13(15)17-11(4)18-14(16)19-12-7-5-6-10(3)8-12;1-9(2)13(15)17-11(4)18-14(16)19-12-8-6-5-7-10(12)3/h6-11H,1-5H3;4-7,9-10H,1-3H3;4*5-9,11H,1-4H3/t11-;10-;4*11-/m111111/s1. The van der Waals surface area contributed by atoms with Crippen molar-refractivity contribution in [3.63, 3.8) is 0 Å². The van der Waals surface area contributed by atoms with E-state index >= 15 is 0 Å². The topological polar surface area (TPSA) is 415 Å². The average molecular weight is 1670 g/mol. The largest absolute Gasteiger partial charge is 0.516 e. The van der Waals surface area contributed by atoms with Crippen molar-refractivity contribution in [2.45, 2.75) is 190 Å². The first kappa shape index (κ1) is 104. The van der Waals surface area contributed by atoms with Gasteiger partial charge in [0.25, 0.3) is 5.91 Å². The molecule has 6 aromatic carbocycles. The van der Waals surface area contributed by atoms with Gasteiger partial charge < -0.3 is 90.2 Å². The first-order valence-corrected chi connectivity index (χ1v) is 37.3. The Morgan fingerprint density at radius 3 is 0.782 bits per heavy atom. The van der Waals surface area contributed by atoms with Crippen LogP contribution in [0.5, 0.6) is 34.5 Å². The number of hydrogen-bond donors (Lipinski definition) is 0. The van der Waals surface area contributed by atoms with Gasteiger partial charge in [-0.2, -0.15) is 5.26 Å². The number of benzene rings is 6. The maximum absolute atomic E-state index is 11.7. The molecule has 648 valence electrons. The SMILES string of the molecule is CC(C)C(=O)O[C@@H](C)OC(=O)Oc1ccc(C#N)cc1.CC(C)C(=O)O[C@@H](C)OC(=O)Oc1ccc(C(=O)N(C)C)cc1.Cc1ccc(OC(=O)O[C@H](C)OC(=O)C(C)C)cc1.Cc1ccc(OC(=O)O[C@H](C)OC(=O)C(C)C)cc1.Cc1cccc(OC(=O)O[C@H](C)OC(=O)C(C)C)c1.Cc1ccccc1OC(=O)O[C@H](C)OC(=O)C(C)C. The zero-order valence-corrected chi connectivity index (χ0v) is 71.3. The van der Waals surface area contributed by atoms with Gasteiger partial charge in [-0.3, -0.25) is 33.6 Å². The van der Waals surface area contributed by atoms with E-state index < -0.39 is 110 Å².